The second-order valence-corrected chi connectivity index (χ2v) is 11.3. The third kappa shape index (κ3) is 7.22. The molecule has 0 saturated carbocycles. The van der Waals surface area contributed by atoms with Crippen molar-refractivity contribution < 1.29 is 23.8 Å². The molecule has 6 rings (SSSR count). The standard InChI is InChI=1S/C37H30ClFN6O4/c1-48-31-5-3-4-30(39)33(31)35-29-16-23(38)9-14-27(29)34-22(18-41-35)19-42-37(45-34)44-26-13-15-28(32(17-26)49-2)36(47)43-25-11-7-21(8-12-25)6-10-24(40)20-46/h3-5,7-9,11-17,19,24,46H,18,20,40H2,1-2H3,(H,43,47)(H,42,44,45). The predicted octanol–water partition coefficient (Wildman–Crippen LogP) is 5.97. The molecule has 1 aromatic heterocycles. The number of carbonyl (C=O) groups is 1. The summed E-state index contributed by atoms with van der Waals surface area (Å²) >= 11 is 6.42. The largest absolute Gasteiger partial charge is 0.496 e. The fourth-order valence-corrected chi connectivity index (χ4v) is 5.42. The monoisotopic (exact) mass is 676 g/mol. The SMILES string of the molecule is COc1cc(Nc2ncc3c(n2)-c2ccc(Cl)cc2C(c2c(F)cccc2OC)=NC3)ccc1C(=O)Nc1ccc(C#CC(N)CO)cc1. The summed E-state index contributed by atoms with van der Waals surface area (Å²) in [6.07, 6.45) is 1.67. The smallest absolute Gasteiger partial charge is 0.259 e. The first-order valence-corrected chi connectivity index (χ1v) is 15.4. The molecule has 0 radical (unpaired) electrons. The van der Waals surface area contributed by atoms with Crippen molar-refractivity contribution in [3.63, 3.8) is 0 Å². The van der Waals surface area contributed by atoms with Crippen LogP contribution in [0, 0.1) is 17.7 Å². The molecule has 12 heteroatoms. The number of benzene rings is 4. The molecule has 0 fully saturated rings. The van der Waals surface area contributed by atoms with Gasteiger partial charge in [0, 0.05) is 50.9 Å². The summed E-state index contributed by atoms with van der Waals surface area (Å²) in [5.74, 6) is 5.74. The predicted molar refractivity (Wildman–Crippen MR) is 187 cm³/mol. The van der Waals surface area contributed by atoms with Gasteiger partial charge in [0.25, 0.3) is 5.91 Å². The fraction of sp³-hybridized carbons (Fsp3) is 0.135. The lowest BCUT2D eigenvalue weighted by atomic mass is 9.94. The highest BCUT2D eigenvalue weighted by atomic mass is 35.5. The number of nitrogens with two attached hydrogens (primary N) is 1. The van der Waals surface area contributed by atoms with Gasteiger partial charge >= 0.3 is 0 Å². The van der Waals surface area contributed by atoms with Crippen molar-refractivity contribution in [1.29, 1.82) is 0 Å². The Balaban J connectivity index is 1.25. The number of carbonyl (C=O) groups excluding carboxylic acids is 1. The van der Waals surface area contributed by atoms with Gasteiger partial charge < -0.3 is 30.9 Å². The number of aliphatic imine (C=N–C) groups is 1. The van der Waals surface area contributed by atoms with Crippen molar-refractivity contribution in [2.24, 2.45) is 10.7 Å². The Hall–Kier alpha value is -5.80. The van der Waals surface area contributed by atoms with Crippen molar-refractivity contribution in [3.8, 4) is 34.6 Å². The molecule has 0 spiro atoms. The highest BCUT2D eigenvalue weighted by Crippen LogP contribution is 2.36. The minimum absolute atomic E-state index is 0.195. The molecule has 1 amide bonds. The number of hydrogen-bond acceptors (Lipinski definition) is 9. The Morgan fingerprint density at radius 2 is 1.80 bits per heavy atom. The Bertz CT molecular complexity index is 2150. The number of aromatic nitrogens is 2. The van der Waals surface area contributed by atoms with E-state index < -0.39 is 11.9 Å². The lowest BCUT2D eigenvalue weighted by Gasteiger charge is -2.15. The molecule has 1 atom stereocenters. The van der Waals surface area contributed by atoms with E-state index in [1.807, 2.05) is 6.07 Å². The minimum Gasteiger partial charge on any atom is -0.496 e. The zero-order valence-electron chi connectivity index (χ0n) is 26.4. The first-order valence-electron chi connectivity index (χ1n) is 15.1. The highest BCUT2D eigenvalue weighted by molar-refractivity contribution is 6.31. The van der Waals surface area contributed by atoms with E-state index >= 15 is 4.39 Å². The summed E-state index contributed by atoms with van der Waals surface area (Å²) in [5.41, 5.74) is 11.0. The Morgan fingerprint density at radius 3 is 2.55 bits per heavy atom. The van der Waals surface area contributed by atoms with Gasteiger partial charge in [0.2, 0.25) is 5.95 Å². The van der Waals surface area contributed by atoms with Crippen LogP contribution in [-0.2, 0) is 6.54 Å². The molecule has 49 heavy (non-hydrogen) atoms. The van der Waals surface area contributed by atoms with Crippen LogP contribution in [0.5, 0.6) is 11.5 Å². The van der Waals surface area contributed by atoms with E-state index in [1.54, 1.807) is 72.9 Å². The molecule has 0 bridgehead atoms. The van der Waals surface area contributed by atoms with E-state index in [9.17, 15) is 4.79 Å². The third-order valence-corrected chi connectivity index (χ3v) is 7.87. The zero-order valence-corrected chi connectivity index (χ0v) is 27.2. The maximum Gasteiger partial charge on any atom is 0.259 e. The Labute approximate surface area is 286 Å². The van der Waals surface area contributed by atoms with Crippen LogP contribution in [-0.4, -0.2) is 53.6 Å². The lowest BCUT2D eigenvalue weighted by Crippen LogP contribution is -2.21. The van der Waals surface area contributed by atoms with Crippen molar-refractivity contribution in [2.45, 2.75) is 12.6 Å². The molecule has 0 saturated heterocycles. The van der Waals surface area contributed by atoms with Crippen molar-refractivity contribution >= 4 is 40.5 Å². The number of halogens is 2. The normalized spacial score (nSPS) is 12.2. The lowest BCUT2D eigenvalue weighted by molar-refractivity contribution is 0.102. The van der Waals surface area contributed by atoms with Crippen LogP contribution < -0.4 is 25.8 Å². The van der Waals surface area contributed by atoms with Crippen LogP contribution >= 0.6 is 11.6 Å². The molecular formula is C37H30ClFN6O4. The molecule has 1 aliphatic heterocycles. The van der Waals surface area contributed by atoms with Gasteiger partial charge in [-0.2, -0.15) is 0 Å². The van der Waals surface area contributed by atoms with E-state index in [4.69, 9.17) is 41.9 Å². The van der Waals surface area contributed by atoms with E-state index in [2.05, 4.69) is 27.5 Å². The topological polar surface area (TPSA) is 144 Å². The second kappa shape index (κ2) is 14.5. The molecule has 4 aromatic carbocycles. The quantitative estimate of drug-likeness (QED) is 0.147. The third-order valence-electron chi connectivity index (χ3n) is 7.64. The average Bonchev–Trinajstić information content (AvgIpc) is 3.27. The summed E-state index contributed by atoms with van der Waals surface area (Å²) in [7, 11) is 2.96. The summed E-state index contributed by atoms with van der Waals surface area (Å²) in [6, 6.07) is 21.3. The van der Waals surface area contributed by atoms with Crippen LogP contribution in [0.15, 0.2) is 90.1 Å². The first-order chi connectivity index (χ1) is 23.8. The van der Waals surface area contributed by atoms with Crippen molar-refractivity contribution in [3.05, 3.63) is 124 Å². The van der Waals surface area contributed by atoms with Gasteiger partial charge in [0.1, 0.15) is 17.3 Å². The zero-order chi connectivity index (χ0) is 34.5. The van der Waals surface area contributed by atoms with Crippen LogP contribution in [0.2, 0.25) is 5.02 Å². The molecule has 5 N–H and O–H groups in total. The maximum absolute atomic E-state index is 15.2. The van der Waals surface area contributed by atoms with Crippen LogP contribution in [0.3, 0.4) is 0 Å². The number of amides is 1. The van der Waals surface area contributed by atoms with Gasteiger partial charge in [-0.1, -0.05) is 35.6 Å². The van der Waals surface area contributed by atoms with E-state index in [1.165, 1.54) is 20.3 Å². The molecule has 2 heterocycles. The number of rotatable bonds is 8. The number of aliphatic hydroxyl groups excluding tert-OH is 1. The van der Waals surface area contributed by atoms with Crippen LogP contribution in [0.25, 0.3) is 11.3 Å². The summed E-state index contributed by atoms with van der Waals surface area (Å²) in [5, 5.41) is 15.5. The molecular weight excluding hydrogens is 647 g/mol. The average molecular weight is 677 g/mol. The number of fused-ring (bicyclic) bond motifs is 3. The molecule has 5 aromatic rings. The number of nitrogens with zero attached hydrogens (tertiary/aromatic N) is 3. The number of methoxy groups -OCH3 is 2. The molecule has 1 unspecified atom stereocenters. The van der Waals surface area contributed by atoms with E-state index in [-0.39, 0.29) is 30.6 Å². The van der Waals surface area contributed by atoms with Gasteiger partial charge in [0.15, 0.2) is 0 Å². The Morgan fingerprint density at radius 1 is 1.02 bits per heavy atom. The maximum atomic E-state index is 15.2. The first kappa shape index (κ1) is 33.1. The van der Waals surface area contributed by atoms with Crippen molar-refractivity contribution in [2.75, 3.05) is 31.5 Å². The van der Waals surface area contributed by atoms with Gasteiger partial charge in [-0.05, 0) is 60.7 Å². The number of anilines is 3. The molecule has 10 nitrogen and oxygen atoms in total. The van der Waals surface area contributed by atoms with Gasteiger partial charge in [-0.25, -0.2) is 14.4 Å². The number of hydrogen-bond donors (Lipinski definition) is 4. The molecule has 0 aliphatic carbocycles. The number of ether oxygens (including phenoxy) is 2. The van der Waals surface area contributed by atoms with Gasteiger partial charge in [-0.3, -0.25) is 9.79 Å². The van der Waals surface area contributed by atoms with E-state index in [0.29, 0.717) is 61.6 Å². The fourth-order valence-electron chi connectivity index (χ4n) is 5.24. The van der Waals surface area contributed by atoms with E-state index in [0.717, 1.165) is 5.56 Å². The van der Waals surface area contributed by atoms with Gasteiger partial charge in [0.05, 0.1) is 55.9 Å². The van der Waals surface area contributed by atoms with Crippen LogP contribution in [0.4, 0.5) is 21.7 Å². The number of aliphatic hydroxyl groups is 1. The summed E-state index contributed by atoms with van der Waals surface area (Å²) in [4.78, 5) is 27.3. The molecule has 246 valence electrons. The highest BCUT2D eigenvalue weighted by Gasteiger charge is 2.25. The van der Waals surface area contributed by atoms with Crippen LogP contribution in [0.1, 0.15) is 32.6 Å². The minimum atomic E-state index is -0.621. The van der Waals surface area contributed by atoms with Crippen molar-refractivity contribution in [1.82, 2.24) is 9.97 Å². The number of nitrogens with one attached hydrogen (secondary N) is 2. The molecule has 1 aliphatic rings. The van der Waals surface area contributed by atoms with Gasteiger partial charge in [-0.15, -0.1) is 0 Å². The Kier molecular flexibility index (Phi) is 9.82. The second-order valence-electron chi connectivity index (χ2n) is 10.9. The summed E-state index contributed by atoms with van der Waals surface area (Å²) in [6.45, 7) is -0.0345. The summed E-state index contributed by atoms with van der Waals surface area (Å²) < 4.78 is 26.3.